The number of nitrogens with one attached hydrogen (secondary N) is 2. The van der Waals surface area contributed by atoms with E-state index in [1.54, 1.807) is 24.5 Å². The van der Waals surface area contributed by atoms with Gasteiger partial charge in [-0.25, -0.2) is 9.97 Å². The quantitative estimate of drug-likeness (QED) is 0.853. The van der Waals surface area contributed by atoms with Gasteiger partial charge in [-0.3, -0.25) is 0 Å². The lowest BCUT2D eigenvalue weighted by Gasteiger charge is -2.12. The van der Waals surface area contributed by atoms with E-state index >= 15 is 0 Å². The van der Waals surface area contributed by atoms with E-state index in [4.69, 9.17) is 0 Å². The van der Waals surface area contributed by atoms with Crippen LogP contribution in [0, 0.1) is 0 Å². The highest BCUT2D eigenvalue weighted by atomic mass is 19.4. The van der Waals surface area contributed by atoms with Crippen molar-refractivity contribution >= 4 is 0 Å². The van der Waals surface area contributed by atoms with Crippen LogP contribution < -0.4 is 10.1 Å². The highest BCUT2D eigenvalue weighted by Crippen LogP contribution is 2.19. The minimum Gasteiger partial charge on any atom is -0.468 e. The predicted octanol–water partition coefficient (Wildman–Crippen LogP) is 2.04. The van der Waals surface area contributed by atoms with Crippen LogP contribution in [0.1, 0.15) is 11.4 Å². The normalized spacial score (nSPS) is 11.6. The standard InChI is InChI=1S/C12H13F3N4O/c13-12(14,15)8-20-11-9(2-1-3-19-11)6-16-7-10-17-4-5-18-10/h1-5,16H,6-8H2,(H,17,18). The van der Waals surface area contributed by atoms with Gasteiger partial charge in [-0.2, -0.15) is 13.2 Å². The van der Waals surface area contributed by atoms with Crippen molar-refractivity contribution in [1.82, 2.24) is 20.3 Å². The van der Waals surface area contributed by atoms with E-state index in [9.17, 15) is 13.2 Å². The van der Waals surface area contributed by atoms with Gasteiger partial charge in [-0.15, -0.1) is 0 Å². The van der Waals surface area contributed by atoms with Gasteiger partial charge in [0.15, 0.2) is 6.61 Å². The number of hydrogen-bond acceptors (Lipinski definition) is 4. The first kappa shape index (κ1) is 14.3. The number of alkyl halides is 3. The van der Waals surface area contributed by atoms with E-state index in [0.29, 0.717) is 18.7 Å². The molecule has 8 heteroatoms. The van der Waals surface area contributed by atoms with Gasteiger partial charge in [-0.05, 0) is 6.07 Å². The molecule has 0 aliphatic rings. The Bertz CT molecular complexity index is 528. The fourth-order valence-electron chi connectivity index (χ4n) is 1.55. The average Bonchev–Trinajstić information content (AvgIpc) is 2.90. The Hall–Kier alpha value is -2.09. The zero-order chi connectivity index (χ0) is 14.4. The van der Waals surface area contributed by atoms with Crippen LogP contribution in [0.2, 0.25) is 0 Å². The third-order valence-corrected chi connectivity index (χ3v) is 2.39. The predicted molar refractivity (Wildman–Crippen MR) is 64.9 cm³/mol. The van der Waals surface area contributed by atoms with Crippen LogP contribution in [0.4, 0.5) is 13.2 Å². The molecule has 0 radical (unpaired) electrons. The van der Waals surface area contributed by atoms with E-state index in [1.165, 1.54) is 6.20 Å². The van der Waals surface area contributed by atoms with Gasteiger partial charge in [0.2, 0.25) is 5.88 Å². The van der Waals surface area contributed by atoms with Gasteiger partial charge in [-0.1, -0.05) is 6.07 Å². The molecule has 2 rings (SSSR count). The maximum atomic E-state index is 12.1. The number of hydrogen-bond donors (Lipinski definition) is 2. The van der Waals surface area contributed by atoms with Gasteiger partial charge in [0.1, 0.15) is 5.82 Å². The SMILES string of the molecule is FC(F)(F)COc1ncccc1CNCc1ncc[nH]1. The van der Waals surface area contributed by atoms with Crippen LogP contribution in [-0.2, 0) is 13.1 Å². The highest BCUT2D eigenvalue weighted by Gasteiger charge is 2.29. The van der Waals surface area contributed by atoms with Crippen LogP contribution >= 0.6 is 0 Å². The number of ether oxygens (including phenoxy) is 1. The molecule has 0 fully saturated rings. The first-order chi connectivity index (χ1) is 9.54. The molecule has 0 aliphatic carbocycles. The average molecular weight is 286 g/mol. The number of H-pyrrole nitrogens is 1. The number of rotatable bonds is 6. The Morgan fingerprint density at radius 2 is 2.05 bits per heavy atom. The van der Waals surface area contributed by atoms with Crippen LogP contribution in [0.25, 0.3) is 0 Å². The number of halogens is 3. The van der Waals surface area contributed by atoms with E-state index in [-0.39, 0.29) is 5.88 Å². The van der Waals surface area contributed by atoms with Crippen molar-refractivity contribution in [1.29, 1.82) is 0 Å². The molecule has 2 aromatic rings. The van der Waals surface area contributed by atoms with Crippen molar-refractivity contribution in [2.45, 2.75) is 19.3 Å². The Kier molecular flexibility index (Phi) is 4.57. The van der Waals surface area contributed by atoms with E-state index < -0.39 is 12.8 Å². The summed E-state index contributed by atoms with van der Waals surface area (Å²) in [5.74, 6) is 0.725. The first-order valence-electron chi connectivity index (χ1n) is 5.87. The summed E-state index contributed by atoms with van der Waals surface area (Å²) in [4.78, 5) is 10.8. The molecule has 2 N–H and O–H groups in total. The fraction of sp³-hybridized carbons (Fsp3) is 0.333. The Morgan fingerprint density at radius 1 is 1.20 bits per heavy atom. The molecule has 0 spiro atoms. The lowest BCUT2D eigenvalue weighted by Crippen LogP contribution is -2.21. The molecule has 0 bridgehead atoms. The molecular formula is C12H13F3N4O. The van der Waals surface area contributed by atoms with Gasteiger partial charge in [0.25, 0.3) is 0 Å². The minimum atomic E-state index is -4.38. The number of nitrogens with zero attached hydrogens (tertiary/aromatic N) is 2. The fourth-order valence-corrected chi connectivity index (χ4v) is 1.55. The summed E-state index contributed by atoms with van der Waals surface area (Å²) in [6, 6.07) is 3.30. The van der Waals surface area contributed by atoms with Crippen molar-refractivity contribution in [3.8, 4) is 5.88 Å². The zero-order valence-corrected chi connectivity index (χ0v) is 10.4. The summed E-state index contributed by atoms with van der Waals surface area (Å²) in [5, 5.41) is 3.05. The summed E-state index contributed by atoms with van der Waals surface area (Å²) in [7, 11) is 0. The molecule has 5 nitrogen and oxygen atoms in total. The highest BCUT2D eigenvalue weighted by molar-refractivity contribution is 5.25. The molecule has 0 aromatic carbocycles. The molecule has 0 aliphatic heterocycles. The molecule has 0 unspecified atom stereocenters. The topological polar surface area (TPSA) is 62.8 Å². The van der Waals surface area contributed by atoms with Crippen LogP contribution in [0.3, 0.4) is 0 Å². The smallest absolute Gasteiger partial charge is 0.422 e. The van der Waals surface area contributed by atoms with Crippen molar-refractivity contribution in [2.24, 2.45) is 0 Å². The number of aromatic amines is 1. The minimum absolute atomic E-state index is 0.0169. The lowest BCUT2D eigenvalue weighted by atomic mass is 10.2. The molecule has 0 saturated carbocycles. The van der Waals surface area contributed by atoms with Gasteiger partial charge >= 0.3 is 6.18 Å². The lowest BCUT2D eigenvalue weighted by molar-refractivity contribution is -0.154. The number of pyridine rings is 1. The van der Waals surface area contributed by atoms with Crippen molar-refractivity contribution in [3.05, 3.63) is 42.1 Å². The Balaban J connectivity index is 1.90. The molecular weight excluding hydrogens is 273 g/mol. The van der Waals surface area contributed by atoms with Crippen molar-refractivity contribution < 1.29 is 17.9 Å². The molecule has 108 valence electrons. The van der Waals surface area contributed by atoms with E-state index in [0.717, 1.165) is 5.82 Å². The molecule has 0 amide bonds. The number of imidazole rings is 1. The van der Waals surface area contributed by atoms with Crippen LogP contribution in [-0.4, -0.2) is 27.7 Å². The second kappa shape index (κ2) is 6.38. The van der Waals surface area contributed by atoms with Crippen LogP contribution in [0.5, 0.6) is 5.88 Å². The third kappa shape index (κ3) is 4.54. The summed E-state index contributed by atoms with van der Waals surface area (Å²) in [6.45, 7) is -0.544. The maximum Gasteiger partial charge on any atom is 0.422 e. The van der Waals surface area contributed by atoms with Crippen molar-refractivity contribution in [3.63, 3.8) is 0 Å². The van der Waals surface area contributed by atoms with E-state index in [2.05, 4.69) is 25.0 Å². The molecule has 2 heterocycles. The Labute approximate surface area is 113 Å². The van der Waals surface area contributed by atoms with Crippen LogP contribution in [0.15, 0.2) is 30.7 Å². The second-order valence-corrected chi connectivity index (χ2v) is 4.01. The number of aromatic nitrogens is 3. The zero-order valence-electron chi connectivity index (χ0n) is 10.4. The summed E-state index contributed by atoms with van der Waals surface area (Å²) in [6.07, 6.45) is 0.329. The summed E-state index contributed by atoms with van der Waals surface area (Å²) < 4.78 is 41.1. The van der Waals surface area contributed by atoms with E-state index in [1.807, 2.05) is 0 Å². The maximum absolute atomic E-state index is 12.1. The molecule has 0 saturated heterocycles. The largest absolute Gasteiger partial charge is 0.468 e. The first-order valence-corrected chi connectivity index (χ1v) is 5.87. The van der Waals surface area contributed by atoms with Gasteiger partial charge < -0.3 is 15.0 Å². The molecule has 20 heavy (non-hydrogen) atoms. The second-order valence-electron chi connectivity index (χ2n) is 4.01. The van der Waals surface area contributed by atoms with Crippen molar-refractivity contribution in [2.75, 3.05) is 6.61 Å². The summed E-state index contributed by atoms with van der Waals surface area (Å²) in [5.41, 5.74) is 0.559. The molecule has 2 aromatic heterocycles. The third-order valence-electron chi connectivity index (χ3n) is 2.39. The molecule has 0 atom stereocenters. The Morgan fingerprint density at radius 3 is 2.75 bits per heavy atom. The monoisotopic (exact) mass is 286 g/mol. The van der Waals surface area contributed by atoms with Gasteiger partial charge in [0.05, 0.1) is 6.54 Å². The summed E-state index contributed by atoms with van der Waals surface area (Å²) >= 11 is 0. The van der Waals surface area contributed by atoms with Gasteiger partial charge in [0, 0.05) is 30.7 Å².